The van der Waals surface area contributed by atoms with Gasteiger partial charge in [-0.2, -0.15) is 6.07 Å². The second-order valence-corrected chi connectivity index (χ2v) is 9.96. The van der Waals surface area contributed by atoms with Crippen molar-refractivity contribution in [1.29, 1.82) is 0 Å². The zero-order valence-electron chi connectivity index (χ0n) is 18.0. The van der Waals surface area contributed by atoms with Gasteiger partial charge in [-0.1, -0.05) is 79.2 Å². The van der Waals surface area contributed by atoms with Gasteiger partial charge in [0, 0.05) is 0 Å². The standard InChI is InChI=1S/C24H30Si.3ClH.Ti/c1-6-7-10-13-25(23-18(3)14-17(2)15-19(23)4)24-20(5)16-21-11-8-9-12-22(21)24;;;;/h8-9,11-12,14-16H,6-7,10,13H2,1-5H3;3*1H;/q-1;;;;+4/p-3. The van der Waals surface area contributed by atoms with E-state index in [1.54, 1.807) is 10.4 Å². The SMILES string of the molecule is CCCCC[Si](c1c(C)cc(C)cc1C)[c-]1c(C)cc2ccccc21.[Cl-].[Cl-].[Cl-].[Ti+4]. The number of hydrogen-bond acceptors (Lipinski definition) is 0. The summed E-state index contributed by atoms with van der Waals surface area (Å²) in [6, 6.07) is 17.5. The molecule has 3 rings (SSSR count). The predicted octanol–water partition coefficient (Wildman–Crippen LogP) is -3.40. The molecular formula is C24H30Cl3SiTi. The molecule has 155 valence electrons. The zero-order valence-corrected chi connectivity index (χ0v) is 22.8. The van der Waals surface area contributed by atoms with Crippen molar-refractivity contribution in [3.8, 4) is 0 Å². The van der Waals surface area contributed by atoms with Crippen molar-refractivity contribution in [2.45, 2.75) is 59.9 Å². The normalized spacial score (nSPS) is 10.0. The van der Waals surface area contributed by atoms with E-state index < -0.39 is 8.80 Å². The van der Waals surface area contributed by atoms with Gasteiger partial charge in [0.15, 0.2) is 0 Å². The summed E-state index contributed by atoms with van der Waals surface area (Å²) in [5.41, 5.74) is 5.86. The molecule has 0 spiro atoms. The second kappa shape index (κ2) is 14.0. The van der Waals surface area contributed by atoms with E-state index in [1.807, 2.05) is 0 Å². The molecule has 0 bridgehead atoms. The average molecular weight is 501 g/mol. The molecule has 0 unspecified atom stereocenters. The summed E-state index contributed by atoms with van der Waals surface area (Å²) in [6.07, 6.45) is 3.98. The molecule has 29 heavy (non-hydrogen) atoms. The third-order valence-corrected chi connectivity index (χ3v) is 8.82. The molecule has 0 aliphatic carbocycles. The Hall–Kier alpha value is -0.149. The van der Waals surface area contributed by atoms with Crippen LogP contribution < -0.4 is 47.6 Å². The smallest absolute Gasteiger partial charge is 1.00 e. The van der Waals surface area contributed by atoms with Crippen molar-refractivity contribution in [3.05, 3.63) is 64.7 Å². The summed E-state index contributed by atoms with van der Waals surface area (Å²) in [5, 5.41) is 6.22. The fourth-order valence-corrected chi connectivity index (χ4v) is 7.90. The Labute approximate surface area is 212 Å². The molecule has 0 aromatic heterocycles. The Balaban J connectivity index is 0. The minimum atomic E-state index is -0.761. The molecule has 0 aliphatic rings. The molecule has 0 fully saturated rings. The van der Waals surface area contributed by atoms with E-state index in [1.165, 1.54) is 58.3 Å². The van der Waals surface area contributed by atoms with E-state index in [0.717, 1.165) is 0 Å². The van der Waals surface area contributed by atoms with Crippen LogP contribution in [0.15, 0.2) is 42.5 Å². The molecule has 0 atom stereocenters. The number of hydrogen-bond donors (Lipinski definition) is 0. The summed E-state index contributed by atoms with van der Waals surface area (Å²) in [7, 11) is -0.761. The summed E-state index contributed by atoms with van der Waals surface area (Å²) < 4.78 is 0. The van der Waals surface area contributed by atoms with Gasteiger partial charge in [0.25, 0.3) is 0 Å². The molecule has 0 N–H and O–H groups in total. The van der Waals surface area contributed by atoms with Crippen LogP contribution in [0.2, 0.25) is 6.04 Å². The van der Waals surface area contributed by atoms with Gasteiger partial charge in [0.05, 0.1) is 8.80 Å². The van der Waals surface area contributed by atoms with Crippen molar-refractivity contribution in [3.63, 3.8) is 0 Å². The van der Waals surface area contributed by atoms with Crippen molar-refractivity contribution in [1.82, 2.24) is 0 Å². The average Bonchev–Trinajstić information content (AvgIpc) is 2.88. The van der Waals surface area contributed by atoms with Crippen LogP contribution in [0.5, 0.6) is 0 Å². The number of benzene rings is 2. The van der Waals surface area contributed by atoms with Gasteiger partial charge in [0.1, 0.15) is 0 Å². The first kappa shape index (κ1) is 31.0. The number of rotatable bonds is 6. The summed E-state index contributed by atoms with van der Waals surface area (Å²) in [5.74, 6) is 0. The third kappa shape index (κ3) is 6.92. The number of aryl methyl sites for hydroxylation is 4. The minimum Gasteiger partial charge on any atom is -1.00 e. The number of fused-ring (bicyclic) bond motifs is 1. The quantitative estimate of drug-likeness (QED) is 0.188. The first-order valence-electron chi connectivity index (χ1n) is 9.62. The van der Waals surface area contributed by atoms with E-state index in [9.17, 15) is 0 Å². The van der Waals surface area contributed by atoms with Crippen LogP contribution in [-0.2, 0) is 21.7 Å². The van der Waals surface area contributed by atoms with Crippen LogP contribution in [0.25, 0.3) is 10.8 Å². The molecule has 3 aromatic rings. The molecule has 5 heteroatoms. The van der Waals surface area contributed by atoms with Crippen molar-refractivity contribution in [2.24, 2.45) is 0 Å². The first-order chi connectivity index (χ1) is 12.0. The van der Waals surface area contributed by atoms with Crippen LogP contribution in [0.3, 0.4) is 0 Å². The van der Waals surface area contributed by atoms with Crippen LogP contribution in [0.1, 0.15) is 48.4 Å². The van der Waals surface area contributed by atoms with Crippen LogP contribution in [0, 0.1) is 27.7 Å². The van der Waals surface area contributed by atoms with E-state index in [-0.39, 0.29) is 58.9 Å². The van der Waals surface area contributed by atoms with Crippen molar-refractivity contribution < 1.29 is 58.9 Å². The van der Waals surface area contributed by atoms with Gasteiger partial charge in [0.2, 0.25) is 0 Å². The van der Waals surface area contributed by atoms with Crippen LogP contribution >= 0.6 is 0 Å². The maximum absolute atomic E-state index is 2.40. The van der Waals surface area contributed by atoms with Gasteiger partial charge in [-0.3, -0.25) is 0 Å². The molecule has 0 saturated carbocycles. The van der Waals surface area contributed by atoms with Gasteiger partial charge in [-0.05, 0) is 20.8 Å². The fourth-order valence-electron chi connectivity index (χ4n) is 4.35. The topological polar surface area (TPSA) is 0 Å². The molecule has 0 aliphatic heterocycles. The Morgan fingerprint density at radius 3 is 2.00 bits per heavy atom. The van der Waals surface area contributed by atoms with Crippen molar-refractivity contribution in [2.75, 3.05) is 0 Å². The Morgan fingerprint density at radius 1 is 0.828 bits per heavy atom. The Morgan fingerprint density at radius 2 is 1.41 bits per heavy atom. The van der Waals surface area contributed by atoms with Gasteiger partial charge < -0.3 is 37.2 Å². The Kier molecular flexibility index (Phi) is 15.0. The monoisotopic (exact) mass is 499 g/mol. The Bertz CT molecular complexity index is 866. The predicted molar refractivity (Wildman–Crippen MR) is 114 cm³/mol. The van der Waals surface area contributed by atoms with Crippen LogP contribution in [-0.4, -0.2) is 8.80 Å². The van der Waals surface area contributed by atoms with Gasteiger partial charge >= 0.3 is 21.7 Å². The summed E-state index contributed by atoms with van der Waals surface area (Å²) >= 11 is 0. The van der Waals surface area contributed by atoms with E-state index in [4.69, 9.17) is 0 Å². The van der Waals surface area contributed by atoms with E-state index >= 15 is 0 Å². The van der Waals surface area contributed by atoms with Gasteiger partial charge in [-0.15, -0.1) is 39.7 Å². The number of halogens is 3. The minimum absolute atomic E-state index is 0. The number of unbranched alkanes of at least 4 members (excludes halogenated alkanes) is 2. The maximum atomic E-state index is 2.40. The summed E-state index contributed by atoms with van der Waals surface area (Å²) in [6.45, 7) is 11.5. The largest absolute Gasteiger partial charge is 4.00 e. The van der Waals surface area contributed by atoms with Crippen LogP contribution in [0.4, 0.5) is 0 Å². The second-order valence-electron chi connectivity index (χ2n) is 7.50. The zero-order chi connectivity index (χ0) is 18.0. The van der Waals surface area contributed by atoms with Crippen molar-refractivity contribution >= 4 is 29.9 Å². The first-order valence-corrected chi connectivity index (χ1v) is 11.3. The van der Waals surface area contributed by atoms with E-state index in [2.05, 4.69) is 77.1 Å². The third-order valence-electron chi connectivity index (χ3n) is 5.31. The molecule has 0 saturated heterocycles. The summed E-state index contributed by atoms with van der Waals surface area (Å²) in [4.78, 5) is 0. The fraction of sp³-hybridized carbons (Fsp3) is 0.375. The molecule has 1 radical (unpaired) electrons. The molecule has 0 nitrogen and oxygen atoms in total. The molecular weight excluding hydrogens is 471 g/mol. The molecule has 0 heterocycles. The molecule has 3 aromatic carbocycles. The molecule has 0 amide bonds. The van der Waals surface area contributed by atoms with Gasteiger partial charge in [-0.25, -0.2) is 0 Å². The maximum Gasteiger partial charge on any atom is 4.00 e. The van der Waals surface area contributed by atoms with E-state index in [0.29, 0.717) is 0 Å².